The fraction of sp³-hybridized carbons (Fsp3) is 0.0714. The summed E-state index contributed by atoms with van der Waals surface area (Å²) in [5.74, 6) is 0.684. The van der Waals surface area contributed by atoms with Crippen LogP contribution >= 0.6 is 39.7 Å². The van der Waals surface area contributed by atoms with Crippen molar-refractivity contribution >= 4 is 56.1 Å². The Morgan fingerprint density at radius 2 is 2.05 bits per heavy atom. The van der Waals surface area contributed by atoms with Crippen LogP contribution in [-0.4, -0.2) is 12.1 Å². The zero-order valence-corrected chi connectivity index (χ0v) is 13.8. The zero-order chi connectivity index (χ0) is 14.7. The molecule has 0 amide bonds. The van der Waals surface area contributed by atoms with Gasteiger partial charge in [0.15, 0.2) is 0 Å². The number of thiocarbonyl (C=S) groups is 1. The third kappa shape index (κ3) is 3.23. The maximum atomic E-state index is 6.02. The van der Waals surface area contributed by atoms with Crippen molar-refractivity contribution in [3.05, 3.63) is 51.5 Å². The first-order chi connectivity index (χ1) is 9.52. The van der Waals surface area contributed by atoms with Crippen molar-refractivity contribution in [2.24, 2.45) is 5.73 Å². The van der Waals surface area contributed by atoms with Gasteiger partial charge in [0.2, 0.25) is 0 Å². The Morgan fingerprint density at radius 3 is 2.70 bits per heavy atom. The molecule has 0 radical (unpaired) electrons. The summed E-state index contributed by atoms with van der Waals surface area (Å²) in [5.41, 5.74) is 8.04. The van der Waals surface area contributed by atoms with E-state index in [0.29, 0.717) is 15.8 Å². The molecule has 0 saturated carbocycles. The lowest BCUT2D eigenvalue weighted by atomic mass is 10.1. The first-order valence-corrected chi connectivity index (χ1v) is 7.29. The number of ether oxygens (including phenoxy) is 1. The van der Waals surface area contributed by atoms with E-state index in [2.05, 4.69) is 21.2 Å². The van der Waals surface area contributed by atoms with Gasteiger partial charge in [-0.1, -0.05) is 29.9 Å². The highest BCUT2D eigenvalue weighted by Crippen LogP contribution is 2.33. The second kappa shape index (κ2) is 6.43. The summed E-state index contributed by atoms with van der Waals surface area (Å²) in [6.07, 6.45) is 0. The van der Waals surface area contributed by atoms with Crippen LogP contribution < -0.4 is 15.8 Å². The summed E-state index contributed by atoms with van der Waals surface area (Å²) in [4.78, 5) is 0.306. The molecule has 0 bridgehead atoms. The number of anilines is 2. The van der Waals surface area contributed by atoms with Gasteiger partial charge in [-0.2, -0.15) is 0 Å². The maximum Gasteiger partial charge on any atom is 0.142 e. The van der Waals surface area contributed by atoms with Gasteiger partial charge in [-0.25, -0.2) is 0 Å². The minimum atomic E-state index is 0.306. The number of nitrogens with one attached hydrogen (secondary N) is 1. The molecule has 0 saturated heterocycles. The van der Waals surface area contributed by atoms with Gasteiger partial charge in [-0.3, -0.25) is 0 Å². The summed E-state index contributed by atoms with van der Waals surface area (Å²) >= 11 is 14.6. The lowest BCUT2D eigenvalue weighted by molar-refractivity contribution is 0.417. The predicted molar refractivity (Wildman–Crippen MR) is 91.3 cm³/mol. The smallest absolute Gasteiger partial charge is 0.142 e. The summed E-state index contributed by atoms with van der Waals surface area (Å²) < 4.78 is 6.14. The van der Waals surface area contributed by atoms with Gasteiger partial charge in [0.1, 0.15) is 10.7 Å². The number of halogens is 2. The van der Waals surface area contributed by atoms with E-state index in [1.54, 1.807) is 25.3 Å². The first-order valence-electron chi connectivity index (χ1n) is 5.72. The monoisotopic (exact) mass is 370 g/mol. The molecular weight excluding hydrogens is 360 g/mol. The van der Waals surface area contributed by atoms with Crippen LogP contribution in [0.3, 0.4) is 0 Å². The Hall–Kier alpha value is -1.30. The van der Waals surface area contributed by atoms with Crippen molar-refractivity contribution in [2.75, 3.05) is 12.4 Å². The molecule has 3 nitrogen and oxygen atoms in total. The Morgan fingerprint density at radius 1 is 1.30 bits per heavy atom. The van der Waals surface area contributed by atoms with Crippen molar-refractivity contribution < 1.29 is 4.74 Å². The number of hydrogen-bond acceptors (Lipinski definition) is 3. The highest BCUT2D eigenvalue weighted by atomic mass is 79.9. The molecule has 2 rings (SSSR count). The minimum Gasteiger partial charge on any atom is -0.495 e. The predicted octanol–water partition coefficient (Wildman–Crippen LogP) is 4.49. The lowest BCUT2D eigenvalue weighted by Gasteiger charge is -2.15. The van der Waals surface area contributed by atoms with Gasteiger partial charge in [0, 0.05) is 20.7 Å². The van der Waals surface area contributed by atoms with Crippen molar-refractivity contribution in [2.45, 2.75) is 0 Å². The van der Waals surface area contributed by atoms with Crippen molar-refractivity contribution in [3.63, 3.8) is 0 Å². The van der Waals surface area contributed by atoms with E-state index in [4.69, 9.17) is 34.3 Å². The van der Waals surface area contributed by atoms with E-state index in [1.165, 1.54) is 0 Å². The van der Waals surface area contributed by atoms with E-state index >= 15 is 0 Å². The molecule has 0 heterocycles. The van der Waals surface area contributed by atoms with Crippen LogP contribution in [0.5, 0.6) is 5.75 Å². The summed E-state index contributed by atoms with van der Waals surface area (Å²) in [7, 11) is 1.60. The number of nitrogens with two attached hydrogens (primary N) is 1. The van der Waals surface area contributed by atoms with Gasteiger partial charge in [0.05, 0.1) is 12.8 Å². The zero-order valence-electron chi connectivity index (χ0n) is 10.6. The Kier molecular flexibility index (Phi) is 4.86. The minimum absolute atomic E-state index is 0.306. The Bertz CT molecular complexity index is 664. The quantitative estimate of drug-likeness (QED) is 0.777. The lowest BCUT2D eigenvalue weighted by Crippen LogP contribution is -2.13. The van der Waals surface area contributed by atoms with E-state index in [0.717, 1.165) is 21.4 Å². The fourth-order valence-electron chi connectivity index (χ4n) is 1.80. The first kappa shape index (κ1) is 15.1. The number of benzene rings is 2. The standard InChI is InChI=1S/C14H12BrClN2OS/c1-19-12-6-5-8(16)7-11(12)18-10-4-2-3-9(15)13(10)14(17)20/h2-7,18H,1H3,(H2,17,20). The molecule has 3 N–H and O–H groups in total. The van der Waals surface area contributed by atoms with Crippen molar-refractivity contribution in [3.8, 4) is 5.75 Å². The van der Waals surface area contributed by atoms with Crippen LogP contribution in [-0.2, 0) is 0 Å². The van der Waals surface area contributed by atoms with Gasteiger partial charge >= 0.3 is 0 Å². The average Bonchev–Trinajstić information content (AvgIpc) is 2.38. The van der Waals surface area contributed by atoms with E-state index in [1.807, 2.05) is 18.2 Å². The largest absolute Gasteiger partial charge is 0.495 e. The molecule has 0 unspecified atom stereocenters. The molecule has 6 heteroatoms. The molecule has 0 aliphatic carbocycles. The summed E-state index contributed by atoms with van der Waals surface area (Å²) in [6, 6.07) is 11.0. The van der Waals surface area contributed by atoms with Crippen LogP contribution in [0.15, 0.2) is 40.9 Å². The highest BCUT2D eigenvalue weighted by molar-refractivity contribution is 9.10. The molecule has 2 aromatic rings. The van der Waals surface area contributed by atoms with Gasteiger partial charge in [0.25, 0.3) is 0 Å². The molecule has 0 spiro atoms. The molecule has 0 aliphatic heterocycles. The maximum absolute atomic E-state index is 6.02. The molecule has 0 fully saturated rings. The van der Waals surface area contributed by atoms with Crippen LogP contribution in [0.2, 0.25) is 5.02 Å². The molecule has 20 heavy (non-hydrogen) atoms. The van der Waals surface area contributed by atoms with Gasteiger partial charge in [-0.15, -0.1) is 0 Å². The molecule has 0 aliphatic rings. The van der Waals surface area contributed by atoms with E-state index < -0.39 is 0 Å². The fourth-order valence-corrected chi connectivity index (χ4v) is 2.90. The third-order valence-electron chi connectivity index (χ3n) is 2.69. The number of methoxy groups -OCH3 is 1. The highest BCUT2D eigenvalue weighted by Gasteiger charge is 2.11. The van der Waals surface area contributed by atoms with Gasteiger partial charge < -0.3 is 15.8 Å². The van der Waals surface area contributed by atoms with Crippen molar-refractivity contribution in [1.29, 1.82) is 0 Å². The molecule has 0 aromatic heterocycles. The molecular formula is C14H12BrClN2OS. The Labute approximate surface area is 136 Å². The van der Waals surface area contributed by atoms with Crippen molar-refractivity contribution in [1.82, 2.24) is 0 Å². The molecule has 104 valence electrons. The number of hydrogen-bond donors (Lipinski definition) is 2. The molecule has 2 aromatic carbocycles. The van der Waals surface area contributed by atoms with Gasteiger partial charge in [-0.05, 0) is 46.3 Å². The number of rotatable bonds is 4. The Balaban J connectivity index is 2.48. The molecule has 0 atom stereocenters. The van der Waals surface area contributed by atoms with Crippen LogP contribution in [0.4, 0.5) is 11.4 Å². The SMILES string of the molecule is COc1ccc(Cl)cc1Nc1cccc(Br)c1C(N)=S. The summed E-state index contributed by atoms with van der Waals surface area (Å²) in [5, 5.41) is 3.86. The van der Waals surface area contributed by atoms with E-state index in [9.17, 15) is 0 Å². The van der Waals surface area contributed by atoms with Crippen LogP contribution in [0.1, 0.15) is 5.56 Å². The third-order valence-corrected chi connectivity index (χ3v) is 3.79. The van der Waals surface area contributed by atoms with Crippen LogP contribution in [0, 0.1) is 0 Å². The van der Waals surface area contributed by atoms with Crippen LogP contribution in [0.25, 0.3) is 0 Å². The topological polar surface area (TPSA) is 47.3 Å². The van der Waals surface area contributed by atoms with E-state index in [-0.39, 0.29) is 0 Å². The summed E-state index contributed by atoms with van der Waals surface area (Å²) in [6.45, 7) is 0. The second-order valence-corrected chi connectivity index (χ2v) is 5.73. The average molecular weight is 372 g/mol. The second-order valence-electron chi connectivity index (χ2n) is 4.00. The normalized spacial score (nSPS) is 10.2.